The summed E-state index contributed by atoms with van der Waals surface area (Å²) in [5.74, 6) is -0.0140. The first kappa shape index (κ1) is 17.1. The number of esters is 1. The zero-order valence-electron chi connectivity index (χ0n) is 14.2. The molecule has 25 heavy (non-hydrogen) atoms. The molecular weight excluding hydrogens is 322 g/mol. The number of H-pyrrole nitrogens is 1. The lowest BCUT2D eigenvalue weighted by atomic mass is 10.0. The highest BCUT2D eigenvalue weighted by molar-refractivity contribution is 5.85. The van der Waals surface area contributed by atoms with Crippen molar-refractivity contribution in [1.29, 1.82) is 0 Å². The maximum Gasteiger partial charge on any atom is 0.328 e. The molecule has 1 aromatic carbocycles. The van der Waals surface area contributed by atoms with Crippen molar-refractivity contribution in [2.45, 2.75) is 38.1 Å². The van der Waals surface area contributed by atoms with Gasteiger partial charge in [0, 0.05) is 19.4 Å². The second-order valence-electron chi connectivity index (χ2n) is 6.15. The number of hydrogen-bond acceptors (Lipinski definition) is 5. The summed E-state index contributed by atoms with van der Waals surface area (Å²) >= 11 is 0. The molecule has 2 aromatic rings. The quantitative estimate of drug-likeness (QED) is 0.848. The van der Waals surface area contributed by atoms with Crippen LogP contribution in [0.5, 0.6) is 0 Å². The van der Waals surface area contributed by atoms with Crippen LogP contribution in [-0.2, 0) is 20.7 Å². The SMILES string of the molecule is COC(=O)C1CCCCN1C(=O)CCc1nc2ccccc2c(=O)[nH]1. The number of para-hydroxylation sites is 1. The molecule has 1 amide bonds. The molecule has 7 heteroatoms. The number of methoxy groups -OCH3 is 1. The zero-order chi connectivity index (χ0) is 17.8. The summed E-state index contributed by atoms with van der Waals surface area (Å²) in [7, 11) is 1.34. The van der Waals surface area contributed by atoms with Crippen molar-refractivity contribution in [3.05, 3.63) is 40.4 Å². The predicted octanol–water partition coefficient (Wildman–Crippen LogP) is 1.41. The average molecular weight is 343 g/mol. The first-order valence-corrected chi connectivity index (χ1v) is 8.45. The predicted molar refractivity (Wildman–Crippen MR) is 92.1 cm³/mol. The Labute approximate surface area is 145 Å². The molecule has 1 aliphatic heterocycles. The van der Waals surface area contributed by atoms with E-state index in [1.165, 1.54) is 7.11 Å². The lowest BCUT2D eigenvalue weighted by Gasteiger charge is -2.33. The molecule has 3 rings (SSSR count). The van der Waals surface area contributed by atoms with Crippen LogP contribution in [0.3, 0.4) is 0 Å². The number of rotatable bonds is 4. The van der Waals surface area contributed by atoms with Crippen LogP contribution in [0, 0.1) is 0 Å². The van der Waals surface area contributed by atoms with Crippen molar-refractivity contribution in [1.82, 2.24) is 14.9 Å². The van der Waals surface area contributed by atoms with E-state index in [9.17, 15) is 14.4 Å². The Hall–Kier alpha value is -2.70. The van der Waals surface area contributed by atoms with E-state index in [0.717, 1.165) is 12.8 Å². The first-order chi connectivity index (χ1) is 12.1. The van der Waals surface area contributed by atoms with Gasteiger partial charge in [0.2, 0.25) is 5.91 Å². The third kappa shape index (κ3) is 3.70. The summed E-state index contributed by atoms with van der Waals surface area (Å²) in [6.45, 7) is 0.556. The van der Waals surface area contributed by atoms with Crippen molar-refractivity contribution in [3.63, 3.8) is 0 Å². The molecule has 1 fully saturated rings. The summed E-state index contributed by atoms with van der Waals surface area (Å²) < 4.78 is 4.80. The molecule has 7 nitrogen and oxygen atoms in total. The molecule has 1 saturated heterocycles. The van der Waals surface area contributed by atoms with E-state index in [-0.39, 0.29) is 23.9 Å². The number of nitrogens with one attached hydrogen (secondary N) is 1. The van der Waals surface area contributed by atoms with Gasteiger partial charge in [-0.05, 0) is 31.4 Å². The topological polar surface area (TPSA) is 92.4 Å². The van der Waals surface area contributed by atoms with Crippen LogP contribution in [0.2, 0.25) is 0 Å². The highest BCUT2D eigenvalue weighted by Gasteiger charge is 2.32. The van der Waals surface area contributed by atoms with E-state index in [1.54, 1.807) is 23.1 Å². The lowest BCUT2D eigenvalue weighted by molar-refractivity contribution is -0.154. The summed E-state index contributed by atoms with van der Waals surface area (Å²) in [6.07, 6.45) is 2.93. The van der Waals surface area contributed by atoms with E-state index in [2.05, 4.69) is 9.97 Å². The second-order valence-corrected chi connectivity index (χ2v) is 6.15. The van der Waals surface area contributed by atoms with Crippen LogP contribution in [0.4, 0.5) is 0 Å². The van der Waals surface area contributed by atoms with Gasteiger partial charge in [-0.25, -0.2) is 9.78 Å². The van der Waals surface area contributed by atoms with Crippen molar-refractivity contribution >= 4 is 22.8 Å². The molecule has 0 saturated carbocycles. The molecular formula is C18H21N3O4. The number of ether oxygens (including phenoxy) is 1. The van der Waals surface area contributed by atoms with Crippen LogP contribution in [0.25, 0.3) is 10.9 Å². The van der Waals surface area contributed by atoms with E-state index < -0.39 is 6.04 Å². The van der Waals surface area contributed by atoms with Crippen molar-refractivity contribution in [2.24, 2.45) is 0 Å². The Balaban J connectivity index is 1.71. The summed E-state index contributed by atoms with van der Waals surface area (Å²) in [6, 6.07) is 6.58. The van der Waals surface area contributed by atoms with E-state index in [1.807, 2.05) is 6.07 Å². The Morgan fingerprint density at radius 3 is 2.92 bits per heavy atom. The number of aromatic nitrogens is 2. The van der Waals surface area contributed by atoms with Crippen LogP contribution in [0.15, 0.2) is 29.1 Å². The number of benzene rings is 1. The molecule has 1 aliphatic rings. The number of hydrogen-bond donors (Lipinski definition) is 1. The highest BCUT2D eigenvalue weighted by atomic mass is 16.5. The van der Waals surface area contributed by atoms with Crippen molar-refractivity contribution in [2.75, 3.05) is 13.7 Å². The largest absolute Gasteiger partial charge is 0.467 e. The molecule has 1 unspecified atom stereocenters. The van der Waals surface area contributed by atoms with Crippen LogP contribution >= 0.6 is 0 Å². The minimum atomic E-state index is -0.505. The van der Waals surface area contributed by atoms with Gasteiger partial charge in [0.25, 0.3) is 5.56 Å². The number of carbonyl (C=O) groups is 2. The fraction of sp³-hybridized carbons (Fsp3) is 0.444. The molecule has 132 valence electrons. The Morgan fingerprint density at radius 1 is 1.32 bits per heavy atom. The third-order valence-electron chi connectivity index (χ3n) is 4.53. The van der Waals surface area contributed by atoms with Gasteiger partial charge in [-0.2, -0.15) is 0 Å². The normalized spacial score (nSPS) is 17.5. The van der Waals surface area contributed by atoms with Crippen LogP contribution < -0.4 is 5.56 Å². The molecule has 0 aliphatic carbocycles. The zero-order valence-corrected chi connectivity index (χ0v) is 14.2. The van der Waals surface area contributed by atoms with Crippen molar-refractivity contribution < 1.29 is 14.3 Å². The maximum atomic E-state index is 12.5. The van der Waals surface area contributed by atoms with Gasteiger partial charge in [0.1, 0.15) is 11.9 Å². The summed E-state index contributed by atoms with van der Waals surface area (Å²) in [4.78, 5) is 45.2. The third-order valence-corrected chi connectivity index (χ3v) is 4.53. The van der Waals surface area contributed by atoms with Gasteiger partial charge in [0.15, 0.2) is 0 Å². The fourth-order valence-corrected chi connectivity index (χ4v) is 3.23. The van der Waals surface area contributed by atoms with Crippen molar-refractivity contribution in [3.8, 4) is 0 Å². The minimum absolute atomic E-state index is 0.120. The molecule has 0 radical (unpaired) electrons. The number of fused-ring (bicyclic) bond motifs is 1. The molecule has 0 bridgehead atoms. The maximum absolute atomic E-state index is 12.5. The number of piperidine rings is 1. The highest BCUT2D eigenvalue weighted by Crippen LogP contribution is 2.19. The summed E-state index contributed by atoms with van der Waals surface area (Å²) in [5, 5.41) is 0.527. The minimum Gasteiger partial charge on any atom is -0.467 e. The van der Waals surface area contributed by atoms with Gasteiger partial charge in [-0.15, -0.1) is 0 Å². The van der Waals surface area contributed by atoms with E-state index in [0.29, 0.717) is 36.1 Å². The number of nitrogens with zero attached hydrogens (tertiary/aromatic N) is 2. The van der Waals surface area contributed by atoms with Gasteiger partial charge in [0.05, 0.1) is 18.0 Å². The smallest absolute Gasteiger partial charge is 0.328 e. The van der Waals surface area contributed by atoms with Gasteiger partial charge in [-0.1, -0.05) is 12.1 Å². The molecule has 1 N–H and O–H groups in total. The molecule has 0 spiro atoms. The van der Waals surface area contributed by atoms with Crippen LogP contribution in [0.1, 0.15) is 31.5 Å². The average Bonchev–Trinajstić information content (AvgIpc) is 2.65. The first-order valence-electron chi connectivity index (χ1n) is 8.45. The van der Waals surface area contributed by atoms with Gasteiger partial charge >= 0.3 is 5.97 Å². The Bertz CT molecular complexity index is 846. The van der Waals surface area contributed by atoms with E-state index >= 15 is 0 Å². The number of carbonyl (C=O) groups excluding carboxylic acids is 2. The number of amides is 1. The lowest BCUT2D eigenvalue weighted by Crippen LogP contribution is -2.48. The molecule has 2 heterocycles. The molecule has 1 aromatic heterocycles. The van der Waals surface area contributed by atoms with Gasteiger partial charge < -0.3 is 14.6 Å². The van der Waals surface area contributed by atoms with Gasteiger partial charge in [-0.3, -0.25) is 9.59 Å². The molecule has 1 atom stereocenters. The van der Waals surface area contributed by atoms with Crippen LogP contribution in [-0.4, -0.2) is 46.4 Å². The number of likely N-dealkylation sites (tertiary alicyclic amines) is 1. The summed E-state index contributed by atoms with van der Waals surface area (Å²) in [5.41, 5.74) is 0.401. The fourth-order valence-electron chi connectivity index (χ4n) is 3.23. The monoisotopic (exact) mass is 343 g/mol. The standard InChI is InChI=1S/C18H21N3O4/c1-25-18(24)14-8-4-5-11-21(14)16(22)10-9-15-19-13-7-3-2-6-12(13)17(23)20-15/h2-3,6-7,14H,4-5,8-11H2,1H3,(H,19,20,23). The number of aryl methyl sites for hydroxylation is 1. The Morgan fingerprint density at radius 2 is 2.12 bits per heavy atom. The van der Waals surface area contributed by atoms with E-state index in [4.69, 9.17) is 4.74 Å². The second kappa shape index (κ2) is 7.46. The number of aromatic amines is 1. The Kier molecular flexibility index (Phi) is 5.11.